The second-order valence-corrected chi connectivity index (χ2v) is 9.26. The molecule has 26 heavy (non-hydrogen) atoms. The molecule has 1 fully saturated rings. The van der Waals surface area contributed by atoms with Gasteiger partial charge in [-0.15, -0.1) is 0 Å². The fourth-order valence-corrected chi connectivity index (χ4v) is 5.06. The molecule has 0 aliphatic heterocycles. The molecule has 154 valence electrons. The van der Waals surface area contributed by atoms with Crippen LogP contribution in [0.5, 0.6) is 0 Å². The summed E-state index contributed by atoms with van der Waals surface area (Å²) in [5.74, 6) is 1.70. The molecule has 0 saturated heterocycles. The van der Waals surface area contributed by atoms with Crippen molar-refractivity contribution >= 4 is 16.8 Å². The highest BCUT2D eigenvalue weighted by molar-refractivity contribution is 7.85. The third-order valence-corrected chi connectivity index (χ3v) is 6.69. The van der Waals surface area contributed by atoms with E-state index in [-0.39, 0.29) is 0 Å². The van der Waals surface area contributed by atoms with Gasteiger partial charge in [0.05, 0.1) is 0 Å². The molecule has 0 spiro atoms. The van der Waals surface area contributed by atoms with Crippen molar-refractivity contribution in [2.24, 2.45) is 4.99 Å². The van der Waals surface area contributed by atoms with Gasteiger partial charge in [-0.3, -0.25) is 9.20 Å². The molecule has 6 heteroatoms. The molecule has 0 aromatic carbocycles. The van der Waals surface area contributed by atoms with Crippen molar-refractivity contribution in [1.82, 2.24) is 15.5 Å². The van der Waals surface area contributed by atoms with Crippen LogP contribution in [0.4, 0.5) is 0 Å². The van der Waals surface area contributed by atoms with E-state index in [1.54, 1.807) is 0 Å². The molecule has 1 rings (SSSR count). The zero-order valence-corrected chi connectivity index (χ0v) is 18.4. The van der Waals surface area contributed by atoms with Gasteiger partial charge in [0.1, 0.15) is 0 Å². The highest BCUT2D eigenvalue weighted by Gasteiger charge is 2.25. The maximum atomic E-state index is 12.1. The second-order valence-electron chi connectivity index (χ2n) is 7.26. The highest BCUT2D eigenvalue weighted by atomic mass is 32.2. The van der Waals surface area contributed by atoms with E-state index in [9.17, 15) is 4.21 Å². The summed E-state index contributed by atoms with van der Waals surface area (Å²) in [6.45, 7) is 13.9. The lowest BCUT2D eigenvalue weighted by Crippen LogP contribution is -2.46. The van der Waals surface area contributed by atoms with E-state index in [2.05, 4.69) is 36.3 Å². The predicted molar refractivity (Wildman–Crippen MR) is 115 cm³/mol. The molecule has 2 N–H and O–H groups in total. The van der Waals surface area contributed by atoms with Crippen molar-refractivity contribution in [1.29, 1.82) is 0 Å². The molecule has 1 aliphatic carbocycles. The van der Waals surface area contributed by atoms with E-state index in [0.29, 0.717) is 11.3 Å². The average Bonchev–Trinajstić information content (AvgIpc) is 2.65. The van der Waals surface area contributed by atoms with Gasteiger partial charge in [-0.1, -0.05) is 27.2 Å². The first-order chi connectivity index (χ1) is 12.6. The Labute approximate surface area is 164 Å². The van der Waals surface area contributed by atoms with Crippen molar-refractivity contribution in [3.8, 4) is 0 Å². The summed E-state index contributed by atoms with van der Waals surface area (Å²) < 4.78 is 12.1. The van der Waals surface area contributed by atoms with Gasteiger partial charge in [0.25, 0.3) is 0 Å². The molecule has 1 aliphatic rings. The number of nitrogens with one attached hydrogen (secondary N) is 2. The first-order valence-corrected chi connectivity index (χ1v) is 12.2. The summed E-state index contributed by atoms with van der Waals surface area (Å²) >= 11 is 0. The van der Waals surface area contributed by atoms with E-state index >= 15 is 0 Å². The smallest absolute Gasteiger partial charge is 0.191 e. The van der Waals surface area contributed by atoms with Crippen LogP contribution in [0.2, 0.25) is 0 Å². The number of rotatable bonds is 12. The van der Waals surface area contributed by atoms with Crippen LogP contribution in [0.1, 0.15) is 72.6 Å². The highest BCUT2D eigenvalue weighted by Crippen LogP contribution is 2.22. The minimum absolute atomic E-state index is 0.353. The lowest BCUT2D eigenvalue weighted by molar-refractivity contribution is 0.273. The third kappa shape index (κ3) is 9.36. The van der Waals surface area contributed by atoms with Gasteiger partial charge in [0.15, 0.2) is 5.96 Å². The monoisotopic (exact) mass is 386 g/mol. The molecule has 3 unspecified atom stereocenters. The molecular formula is C20H42N4OS. The van der Waals surface area contributed by atoms with E-state index in [1.807, 2.05) is 6.92 Å². The van der Waals surface area contributed by atoms with E-state index in [1.165, 1.54) is 25.9 Å². The Morgan fingerprint density at radius 3 is 2.46 bits per heavy atom. The normalized spacial score (nSPS) is 22.4. The quantitative estimate of drug-likeness (QED) is 0.307. The Morgan fingerprint density at radius 2 is 1.85 bits per heavy atom. The summed E-state index contributed by atoms with van der Waals surface area (Å²) in [5, 5.41) is 7.32. The van der Waals surface area contributed by atoms with Crippen LogP contribution in [0.15, 0.2) is 4.99 Å². The van der Waals surface area contributed by atoms with E-state index in [4.69, 9.17) is 4.99 Å². The fourth-order valence-electron chi connectivity index (χ4n) is 3.72. The lowest BCUT2D eigenvalue weighted by Gasteiger charge is -2.30. The van der Waals surface area contributed by atoms with Crippen molar-refractivity contribution < 1.29 is 4.21 Å². The first-order valence-electron chi connectivity index (χ1n) is 10.8. The van der Waals surface area contributed by atoms with Gasteiger partial charge in [-0.2, -0.15) is 0 Å². The maximum absolute atomic E-state index is 12.1. The Bertz CT molecular complexity index is 411. The average molecular weight is 387 g/mol. The van der Waals surface area contributed by atoms with Crippen molar-refractivity contribution in [3.63, 3.8) is 0 Å². The number of guanidine groups is 1. The van der Waals surface area contributed by atoms with Crippen LogP contribution in [-0.2, 0) is 10.8 Å². The van der Waals surface area contributed by atoms with E-state index < -0.39 is 10.8 Å². The molecular weight excluding hydrogens is 344 g/mol. The maximum Gasteiger partial charge on any atom is 0.191 e. The van der Waals surface area contributed by atoms with Gasteiger partial charge in [0.2, 0.25) is 0 Å². The van der Waals surface area contributed by atoms with Crippen LogP contribution in [0.3, 0.4) is 0 Å². The summed E-state index contributed by atoms with van der Waals surface area (Å²) in [6.07, 6.45) is 7.97. The van der Waals surface area contributed by atoms with Crippen LogP contribution < -0.4 is 10.6 Å². The van der Waals surface area contributed by atoms with Crippen LogP contribution in [-0.4, -0.2) is 64.8 Å². The van der Waals surface area contributed by atoms with Gasteiger partial charge in [-0.25, -0.2) is 0 Å². The Morgan fingerprint density at radius 1 is 1.12 bits per heavy atom. The standard InChI is InChI=1S/C20H42N4OS/c1-5-14-24(15-6-2)16-10-13-22-20(21-7-3)23-18-11-9-12-19(17-18)26(25)8-4/h18-19H,5-17H2,1-4H3,(H2,21,22,23). The number of nitrogens with zero attached hydrogens (tertiary/aromatic N) is 2. The van der Waals surface area contributed by atoms with Crippen molar-refractivity contribution in [2.75, 3.05) is 38.5 Å². The van der Waals surface area contributed by atoms with E-state index in [0.717, 1.165) is 63.5 Å². The van der Waals surface area contributed by atoms with Crippen LogP contribution >= 0.6 is 0 Å². The molecule has 0 aromatic heterocycles. The molecule has 0 radical (unpaired) electrons. The van der Waals surface area contributed by atoms with Gasteiger partial charge < -0.3 is 15.5 Å². The minimum Gasteiger partial charge on any atom is -0.357 e. The third-order valence-electron chi connectivity index (χ3n) is 4.95. The fraction of sp³-hybridized carbons (Fsp3) is 0.950. The Kier molecular flexibility index (Phi) is 13.0. The number of hydrogen-bond acceptors (Lipinski definition) is 3. The SMILES string of the molecule is CCCN(CCC)CCCN=C(NCC)NC1CCCC(S(=O)CC)C1. The van der Waals surface area contributed by atoms with Gasteiger partial charge in [0, 0.05) is 40.9 Å². The second kappa shape index (κ2) is 14.4. The van der Waals surface area contributed by atoms with Crippen LogP contribution in [0.25, 0.3) is 0 Å². The van der Waals surface area contributed by atoms with Gasteiger partial charge in [-0.05, 0) is 65.1 Å². The topological polar surface area (TPSA) is 56.7 Å². The molecule has 0 amide bonds. The van der Waals surface area contributed by atoms with Crippen LogP contribution in [0, 0.1) is 0 Å². The zero-order valence-electron chi connectivity index (χ0n) is 17.6. The largest absolute Gasteiger partial charge is 0.357 e. The zero-order chi connectivity index (χ0) is 19.2. The molecule has 0 bridgehead atoms. The van der Waals surface area contributed by atoms with Gasteiger partial charge >= 0.3 is 0 Å². The summed E-state index contributed by atoms with van der Waals surface area (Å²) in [7, 11) is -0.675. The first kappa shape index (κ1) is 23.4. The molecule has 0 aromatic rings. The van der Waals surface area contributed by atoms with Crippen molar-refractivity contribution in [2.45, 2.75) is 83.9 Å². The number of aliphatic imine (C=N–C) groups is 1. The Hall–Kier alpha value is -0.620. The van der Waals surface area contributed by atoms with Crippen molar-refractivity contribution in [3.05, 3.63) is 0 Å². The Balaban J connectivity index is 2.46. The summed E-state index contributed by atoms with van der Waals surface area (Å²) in [6, 6.07) is 0.402. The minimum atomic E-state index is -0.675. The summed E-state index contributed by atoms with van der Waals surface area (Å²) in [4.78, 5) is 7.33. The summed E-state index contributed by atoms with van der Waals surface area (Å²) in [5.41, 5.74) is 0. The lowest BCUT2D eigenvalue weighted by atomic mass is 9.95. The molecule has 0 heterocycles. The predicted octanol–water partition coefficient (Wildman–Crippen LogP) is 3.13. The molecule has 1 saturated carbocycles. The molecule has 3 atom stereocenters. The number of hydrogen-bond donors (Lipinski definition) is 2. The molecule has 5 nitrogen and oxygen atoms in total.